The largest absolute Gasteiger partial charge is 0.488 e. The van der Waals surface area contributed by atoms with Crippen molar-refractivity contribution in [1.29, 1.82) is 0 Å². The molecule has 4 nitrogen and oxygen atoms in total. The predicted molar refractivity (Wildman–Crippen MR) is 73.9 cm³/mol. The number of ether oxygens (including phenoxy) is 1. The van der Waals surface area contributed by atoms with Gasteiger partial charge in [0.05, 0.1) is 6.61 Å². The lowest BCUT2D eigenvalue weighted by molar-refractivity contribution is 0.282. The Morgan fingerprint density at radius 2 is 2.11 bits per heavy atom. The molecule has 1 heterocycles. The molecule has 2 N–H and O–H groups in total. The van der Waals surface area contributed by atoms with E-state index in [9.17, 15) is 4.79 Å². The Hall–Kier alpha value is -1.29. The number of hydrogen-bond acceptors (Lipinski definition) is 3. The van der Waals surface area contributed by atoms with Gasteiger partial charge in [-0.1, -0.05) is 13.8 Å². The van der Waals surface area contributed by atoms with Crippen LogP contribution in [0.3, 0.4) is 0 Å². The number of hydrogen-bond donors (Lipinski definition) is 1. The Labute approximate surface area is 109 Å². The summed E-state index contributed by atoms with van der Waals surface area (Å²) in [5.41, 5.74) is 5.40. The van der Waals surface area contributed by atoms with Crippen molar-refractivity contribution in [1.82, 2.24) is 4.57 Å². The van der Waals surface area contributed by atoms with E-state index in [2.05, 4.69) is 13.8 Å². The van der Waals surface area contributed by atoms with Crippen LogP contribution in [0.25, 0.3) is 0 Å². The van der Waals surface area contributed by atoms with E-state index in [1.165, 1.54) is 0 Å². The average Bonchev–Trinajstić information content (AvgIpc) is 2.21. The van der Waals surface area contributed by atoms with Crippen LogP contribution in [-0.4, -0.2) is 16.7 Å². The first-order chi connectivity index (χ1) is 8.29. The van der Waals surface area contributed by atoms with Crippen LogP contribution >= 0.6 is 0 Å². The van der Waals surface area contributed by atoms with Gasteiger partial charge in [-0.15, -0.1) is 0 Å². The zero-order valence-electron chi connectivity index (χ0n) is 11.8. The van der Waals surface area contributed by atoms with E-state index in [1.807, 2.05) is 19.9 Å². The smallest absolute Gasteiger partial charge is 0.292 e. The molecule has 1 aromatic heterocycles. The highest BCUT2D eigenvalue weighted by Crippen LogP contribution is 2.07. The quantitative estimate of drug-likeness (QED) is 0.842. The summed E-state index contributed by atoms with van der Waals surface area (Å²) in [4.78, 5) is 12.1. The van der Waals surface area contributed by atoms with Gasteiger partial charge < -0.3 is 15.0 Å². The number of aromatic nitrogens is 1. The molecule has 4 heteroatoms. The van der Waals surface area contributed by atoms with Crippen molar-refractivity contribution in [3.8, 4) is 5.75 Å². The Balaban J connectivity index is 2.76. The van der Waals surface area contributed by atoms with Crippen molar-refractivity contribution >= 4 is 0 Å². The summed E-state index contributed by atoms with van der Waals surface area (Å²) < 4.78 is 7.13. The standard InChI is InChI=1S/C14H24N2O2/c1-11(2)7-9-18-12-6-5-8-16(13(12)17)10-14(3,4)15/h5-6,8,11H,7,9-10,15H2,1-4H3. The van der Waals surface area contributed by atoms with E-state index in [4.69, 9.17) is 10.5 Å². The maximum Gasteiger partial charge on any atom is 0.292 e. The van der Waals surface area contributed by atoms with E-state index in [0.29, 0.717) is 24.8 Å². The molecule has 0 amide bonds. The van der Waals surface area contributed by atoms with Gasteiger partial charge >= 0.3 is 0 Å². The summed E-state index contributed by atoms with van der Waals surface area (Å²) in [5, 5.41) is 0. The van der Waals surface area contributed by atoms with E-state index in [0.717, 1.165) is 6.42 Å². The van der Waals surface area contributed by atoms with Gasteiger partial charge in [-0.25, -0.2) is 0 Å². The zero-order chi connectivity index (χ0) is 13.8. The lowest BCUT2D eigenvalue weighted by Crippen LogP contribution is -2.40. The summed E-state index contributed by atoms with van der Waals surface area (Å²) >= 11 is 0. The van der Waals surface area contributed by atoms with Crippen molar-refractivity contribution in [3.63, 3.8) is 0 Å². The maximum absolute atomic E-state index is 12.1. The highest BCUT2D eigenvalue weighted by molar-refractivity contribution is 5.17. The summed E-state index contributed by atoms with van der Waals surface area (Å²) in [5.74, 6) is 0.973. The van der Waals surface area contributed by atoms with Crippen molar-refractivity contribution in [2.24, 2.45) is 11.7 Å². The van der Waals surface area contributed by atoms with Gasteiger partial charge in [0.25, 0.3) is 5.56 Å². The molecule has 0 aliphatic heterocycles. The van der Waals surface area contributed by atoms with Crippen LogP contribution in [0.15, 0.2) is 23.1 Å². The highest BCUT2D eigenvalue weighted by Gasteiger charge is 2.13. The molecule has 1 aromatic rings. The third-order valence-electron chi connectivity index (χ3n) is 2.52. The molecule has 0 fully saturated rings. The Kier molecular flexibility index (Phi) is 4.96. The van der Waals surface area contributed by atoms with Crippen LogP contribution < -0.4 is 16.0 Å². The van der Waals surface area contributed by atoms with Gasteiger partial charge in [-0.05, 0) is 38.3 Å². The minimum Gasteiger partial charge on any atom is -0.488 e. The molecule has 102 valence electrons. The van der Waals surface area contributed by atoms with Crippen LogP contribution in [-0.2, 0) is 6.54 Å². The molecule has 0 atom stereocenters. The second-order valence-corrected chi connectivity index (χ2v) is 5.83. The van der Waals surface area contributed by atoms with Gasteiger partial charge in [0.2, 0.25) is 0 Å². The van der Waals surface area contributed by atoms with Crippen molar-refractivity contribution in [3.05, 3.63) is 28.7 Å². The lowest BCUT2D eigenvalue weighted by atomic mass is 10.1. The topological polar surface area (TPSA) is 57.2 Å². The Morgan fingerprint density at radius 3 is 2.67 bits per heavy atom. The molecule has 18 heavy (non-hydrogen) atoms. The molecule has 0 aliphatic rings. The molecule has 0 saturated heterocycles. The first-order valence-electron chi connectivity index (χ1n) is 6.41. The molecular weight excluding hydrogens is 228 g/mol. The molecule has 0 aromatic carbocycles. The lowest BCUT2D eigenvalue weighted by Gasteiger charge is -2.20. The number of rotatable bonds is 6. The minimum absolute atomic E-state index is 0.111. The first kappa shape index (κ1) is 14.8. The predicted octanol–water partition coefficient (Wildman–Crippen LogP) is 2.01. The number of pyridine rings is 1. The maximum atomic E-state index is 12.1. The molecule has 0 bridgehead atoms. The minimum atomic E-state index is -0.416. The first-order valence-corrected chi connectivity index (χ1v) is 6.41. The third-order valence-corrected chi connectivity index (χ3v) is 2.52. The van der Waals surface area contributed by atoms with Crippen molar-refractivity contribution < 1.29 is 4.74 Å². The summed E-state index contributed by atoms with van der Waals surface area (Å²) in [7, 11) is 0. The SMILES string of the molecule is CC(C)CCOc1cccn(CC(C)(C)N)c1=O. The molecule has 0 unspecified atom stereocenters. The second kappa shape index (κ2) is 6.05. The second-order valence-electron chi connectivity index (χ2n) is 5.83. The van der Waals surface area contributed by atoms with E-state index >= 15 is 0 Å². The van der Waals surface area contributed by atoms with Crippen LogP contribution in [0.1, 0.15) is 34.1 Å². The zero-order valence-corrected chi connectivity index (χ0v) is 11.8. The number of nitrogens with zero attached hydrogens (tertiary/aromatic N) is 1. The van der Waals surface area contributed by atoms with Crippen molar-refractivity contribution in [2.45, 2.75) is 46.2 Å². The third kappa shape index (κ3) is 4.92. The average molecular weight is 252 g/mol. The van der Waals surface area contributed by atoms with Gasteiger partial charge in [0, 0.05) is 18.3 Å². The normalized spacial score (nSPS) is 11.9. The fourth-order valence-electron chi connectivity index (χ4n) is 1.59. The summed E-state index contributed by atoms with van der Waals surface area (Å²) in [6.45, 7) is 9.10. The van der Waals surface area contributed by atoms with Crippen LogP contribution in [0.5, 0.6) is 5.75 Å². The highest BCUT2D eigenvalue weighted by atomic mass is 16.5. The molecule has 0 spiro atoms. The Bertz CT molecular complexity index is 430. The van der Waals surface area contributed by atoms with Gasteiger partial charge in [0.1, 0.15) is 0 Å². The fourth-order valence-corrected chi connectivity index (χ4v) is 1.59. The molecule has 0 radical (unpaired) electrons. The number of nitrogens with two attached hydrogens (primary N) is 1. The molecule has 0 aliphatic carbocycles. The van der Waals surface area contributed by atoms with Gasteiger partial charge in [-0.2, -0.15) is 0 Å². The van der Waals surface area contributed by atoms with E-state index in [-0.39, 0.29) is 5.56 Å². The van der Waals surface area contributed by atoms with Crippen LogP contribution in [0.2, 0.25) is 0 Å². The summed E-state index contributed by atoms with van der Waals surface area (Å²) in [6.07, 6.45) is 2.68. The molecule has 0 saturated carbocycles. The monoisotopic (exact) mass is 252 g/mol. The van der Waals surface area contributed by atoms with E-state index < -0.39 is 5.54 Å². The fraction of sp³-hybridized carbons (Fsp3) is 0.643. The van der Waals surface area contributed by atoms with Crippen molar-refractivity contribution in [2.75, 3.05) is 6.61 Å². The molecule has 1 rings (SSSR count). The molecular formula is C14H24N2O2. The van der Waals surface area contributed by atoms with Gasteiger partial charge in [-0.3, -0.25) is 4.79 Å². The Morgan fingerprint density at radius 1 is 1.44 bits per heavy atom. The van der Waals surface area contributed by atoms with Crippen LogP contribution in [0, 0.1) is 5.92 Å². The summed E-state index contributed by atoms with van der Waals surface area (Å²) in [6, 6.07) is 3.53. The van der Waals surface area contributed by atoms with E-state index in [1.54, 1.807) is 16.8 Å². The van der Waals surface area contributed by atoms with Gasteiger partial charge in [0.15, 0.2) is 5.75 Å². The van der Waals surface area contributed by atoms with Crippen LogP contribution in [0.4, 0.5) is 0 Å².